The average molecular weight is 308 g/mol. The number of thiazole rings is 1. The van der Waals surface area contributed by atoms with E-state index >= 15 is 0 Å². The molecule has 1 amide bonds. The van der Waals surface area contributed by atoms with Gasteiger partial charge < -0.3 is 9.84 Å². The van der Waals surface area contributed by atoms with Crippen LogP contribution >= 0.6 is 11.3 Å². The van der Waals surface area contributed by atoms with Crippen LogP contribution in [-0.4, -0.2) is 34.5 Å². The van der Waals surface area contributed by atoms with Crippen LogP contribution in [0.15, 0.2) is 22.2 Å². The molecule has 0 aromatic carbocycles. The van der Waals surface area contributed by atoms with Crippen LogP contribution in [0.4, 0.5) is 5.13 Å². The van der Waals surface area contributed by atoms with Gasteiger partial charge in [0.2, 0.25) is 5.91 Å². The van der Waals surface area contributed by atoms with Crippen molar-refractivity contribution in [2.75, 3.05) is 18.9 Å². The van der Waals surface area contributed by atoms with E-state index in [0.717, 1.165) is 11.5 Å². The number of aromatic nitrogens is 2. The Balaban J connectivity index is 1.73. The van der Waals surface area contributed by atoms with E-state index in [1.165, 1.54) is 11.3 Å². The van der Waals surface area contributed by atoms with Gasteiger partial charge in [-0.15, -0.1) is 11.3 Å². The summed E-state index contributed by atoms with van der Waals surface area (Å²) in [5, 5.41) is 9.28. The van der Waals surface area contributed by atoms with Crippen LogP contribution in [0.1, 0.15) is 37.6 Å². The molecule has 0 saturated heterocycles. The molecule has 0 bridgehead atoms. The summed E-state index contributed by atoms with van der Waals surface area (Å²) in [6.07, 6.45) is 2.09. The molecule has 114 valence electrons. The van der Waals surface area contributed by atoms with Gasteiger partial charge in [0.05, 0.1) is 5.69 Å². The molecular formula is C14H20N4O2S. The molecule has 0 aliphatic heterocycles. The normalized spacial score (nSPS) is 11.3. The number of amides is 1. The Kier molecular flexibility index (Phi) is 5.46. The van der Waals surface area contributed by atoms with E-state index in [1.54, 1.807) is 6.20 Å². The lowest BCUT2D eigenvalue weighted by atomic mass is 10.1. The van der Waals surface area contributed by atoms with Crippen LogP contribution in [0.25, 0.3) is 0 Å². The molecule has 6 nitrogen and oxygen atoms in total. The third-order valence-corrected chi connectivity index (χ3v) is 3.67. The molecule has 0 fully saturated rings. The molecule has 2 aromatic rings. The zero-order valence-electron chi connectivity index (χ0n) is 12.5. The molecule has 0 aliphatic carbocycles. The van der Waals surface area contributed by atoms with Crippen molar-refractivity contribution in [2.45, 2.75) is 32.7 Å². The van der Waals surface area contributed by atoms with Crippen molar-refractivity contribution < 1.29 is 9.32 Å². The predicted octanol–water partition coefficient (Wildman–Crippen LogP) is 2.72. The van der Waals surface area contributed by atoms with Gasteiger partial charge in [0.15, 0.2) is 5.13 Å². The van der Waals surface area contributed by atoms with E-state index in [2.05, 4.69) is 29.3 Å². The Bertz CT molecular complexity index is 565. The van der Waals surface area contributed by atoms with Gasteiger partial charge in [-0.3, -0.25) is 9.69 Å². The van der Waals surface area contributed by atoms with E-state index in [-0.39, 0.29) is 5.91 Å². The van der Waals surface area contributed by atoms with Crippen molar-refractivity contribution in [3.8, 4) is 0 Å². The molecule has 2 heterocycles. The van der Waals surface area contributed by atoms with Crippen molar-refractivity contribution in [1.29, 1.82) is 0 Å². The third kappa shape index (κ3) is 4.95. The predicted molar refractivity (Wildman–Crippen MR) is 82.3 cm³/mol. The minimum atomic E-state index is -0.0279. The Morgan fingerprint density at radius 1 is 1.52 bits per heavy atom. The summed E-state index contributed by atoms with van der Waals surface area (Å²) in [6.45, 7) is 5.45. The van der Waals surface area contributed by atoms with E-state index in [4.69, 9.17) is 4.52 Å². The van der Waals surface area contributed by atoms with Gasteiger partial charge >= 0.3 is 0 Å². The zero-order chi connectivity index (χ0) is 15.2. The van der Waals surface area contributed by atoms with Crippen molar-refractivity contribution in [3.05, 3.63) is 29.1 Å². The first-order valence-electron chi connectivity index (χ1n) is 6.88. The fourth-order valence-corrected chi connectivity index (χ4v) is 2.33. The second kappa shape index (κ2) is 7.33. The zero-order valence-corrected chi connectivity index (χ0v) is 13.3. The van der Waals surface area contributed by atoms with Crippen LogP contribution in [-0.2, 0) is 11.3 Å². The maximum absolute atomic E-state index is 11.8. The average Bonchev–Trinajstić information content (AvgIpc) is 3.08. The lowest BCUT2D eigenvalue weighted by Gasteiger charge is -2.14. The summed E-state index contributed by atoms with van der Waals surface area (Å²) < 4.78 is 5.26. The highest BCUT2D eigenvalue weighted by atomic mass is 32.1. The first-order chi connectivity index (χ1) is 10.0. The van der Waals surface area contributed by atoms with Crippen LogP contribution in [0.3, 0.4) is 0 Å². The number of carbonyl (C=O) groups excluding carboxylic acids is 1. The fraction of sp³-hybridized carbons (Fsp3) is 0.500. The summed E-state index contributed by atoms with van der Waals surface area (Å²) in [5.41, 5.74) is 0.890. The van der Waals surface area contributed by atoms with Gasteiger partial charge in [0.1, 0.15) is 5.76 Å². The quantitative estimate of drug-likeness (QED) is 0.851. The number of carbonyl (C=O) groups is 1. The van der Waals surface area contributed by atoms with Crippen molar-refractivity contribution in [1.82, 2.24) is 15.0 Å². The van der Waals surface area contributed by atoms with Gasteiger partial charge in [-0.05, 0) is 7.05 Å². The molecule has 0 aliphatic rings. The number of hydrogen-bond donors (Lipinski definition) is 1. The summed E-state index contributed by atoms with van der Waals surface area (Å²) in [7, 11) is 1.96. The topological polar surface area (TPSA) is 71.3 Å². The van der Waals surface area contributed by atoms with Crippen LogP contribution in [0.2, 0.25) is 0 Å². The largest absolute Gasteiger partial charge is 0.361 e. The van der Waals surface area contributed by atoms with Gasteiger partial charge in [-0.1, -0.05) is 19.0 Å². The number of rotatable bonds is 7. The van der Waals surface area contributed by atoms with E-state index in [0.29, 0.717) is 30.6 Å². The standard InChI is InChI=1S/C14H20N4O2S/c1-10(2)12-8-11(17-20-12)9-18(3)6-4-13(19)16-14-15-5-7-21-14/h5,7-8,10H,4,6,9H2,1-3H3,(H,15,16,19). The number of nitrogens with one attached hydrogen (secondary N) is 1. The molecule has 2 aromatic heterocycles. The van der Waals surface area contributed by atoms with Crippen LogP contribution in [0.5, 0.6) is 0 Å². The van der Waals surface area contributed by atoms with E-state index in [9.17, 15) is 4.79 Å². The summed E-state index contributed by atoms with van der Waals surface area (Å²) in [4.78, 5) is 17.8. The van der Waals surface area contributed by atoms with Crippen molar-refractivity contribution >= 4 is 22.4 Å². The number of nitrogens with zero attached hydrogens (tertiary/aromatic N) is 3. The Morgan fingerprint density at radius 3 is 2.95 bits per heavy atom. The summed E-state index contributed by atoms with van der Waals surface area (Å²) >= 11 is 1.41. The maximum Gasteiger partial charge on any atom is 0.227 e. The highest BCUT2D eigenvalue weighted by Gasteiger charge is 2.11. The third-order valence-electron chi connectivity index (χ3n) is 2.98. The van der Waals surface area contributed by atoms with E-state index < -0.39 is 0 Å². The van der Waals surface area contributed by atoms with Gasteiger partial charge in [-0.2, -0.15) is 0 Å². The lowest BCUT2D eigenvalue weighted by Crippen LogP contribution is -2.24. The molecule has 21 heavy (non-hydrogen) atoms. The first kappa shape index (κ1) is 15.7. The van der Waals surface area contributed by atoms with Gasteiger partial charge in [0, 0.05) is 43.1 Å². The monoisotopic (exact) mass is 308 g/mol. The molecule has 0 spiro atoms. The Morgan fingerprint density at radius 2 is 2.33 bits per heavy atom. The minimum absolute atomic E-state index is 0.0279. The first-order valence-corrected chi connectivity index (χ1v) is 7.76. The molecule has 1 N–H and O–H groups in total. The van der Waals surface area contributed by atoms with Crippen molar-refractivity contribution in [2.24, 2.45) is 0 Å². The van der Waals surface area contributed by atoms with Gasteiger partial charge in [0.25, 0.3) is 0 Å². The van der Waals surface area contributed by atoms with Crippen LogP contribution in [0, 0.1) is 0 Å². The number of anilines is 1. The van der Waals surface area contributed by atoms with Crippen molar-refractivity contribution in [3.63, 3.8) is 0 Å². The minimum Gasteiger partial charge on any atom is -0.361 e. The molecule has 0 radical (unpaired) electrons. The molecular weight excluding hydrogens is 288 g/mol. The summed E-state index contributed by atoms with van der Waals surface area (Å²) in [6, 6.07) is 1.97. The van der Waals surface area contributed by atoms with Crippen LogP contribution < -0.4 is 5.32 Å². The SMILES string of the molecule is CC(C)c1cc(CN(C)CCC(=O)Nc2nccs2)no1. The molecule has 0 unspecified atom stereocenters. The Hall–Kier alpha value is -1.73. The molecule has 0 atom stereocenters. The smallest absolute Gasteiger partial charge is 0.227 e. The molecule has 0 saturated carbocycles. The van der Waals surface area contributed by atoms with Gasteiger partial charge in [-0.25, -0.2) is 4.98 Å². The highest BCUT2D eigenvalue weighted by molar-refractivity contribution is 7.13. The maximum atomic E-state index is 11.8. The molecule has 2 rings (SSSR count). The lowest BCUT2D eigenvalue weighted by molar-refractivity contribution is -0.116. The number of hydrogen-bond acceptors (Lipinski definition) is 6. The van der Waals surface area contributed by atoms with E-state index in [1.807, 2.05) is 23.4 Å². The second-order valence-corrected chi connectivity index (χ2v) is 6.14. The fourth-order valence-electron chi connectivity index (χ4n) is 1.79. The Labute approximate surface area is 128 Å². The highest BCUT2D eigenvalue weighted by Crippen LogP contribution is 2.16. The summed E-state index contributed by atoms with van der Waals surface area (Å²) in [5.74, 6) is 1.19. The molecule has 7 heteroatoms. The second-order valence-electron chi connectivity index (χ2n) is 5.25.